The molecule has 8 heteroatoms. The van der Waals surface area contributed by atoms with Crippen LogP contribution in [0.15, 0.2) is 16.6 Å². The molecule has 0 aliphatic heterocycles. The lowest BCUT2D eigenvalue weighted by atomic mass is 10.1. The van der Waals surface area contributed by atoms with Crippen LogP contribution in [0.25, 0.3) is 0 Å². The third kappa shape index (κ3) is 3.52. The van der Waals surface area contributed by atoms with Crippen molar-refractivity contribution in [3.63, 3.8) is 0 Å². The monoisotopic (exact) mass is 322 g/mol. The van der Waals surface area contributed by atoms with Gasteiger partial charge >= 0.3 is 12.5 Å². The van der Waals surface area contributed by atoms with Crippen LogP contribution in [-0.2, 0) is 6.18 Å². The summed E-state index contributed by atoms with van der Waals surface area (Å²) in [6.07, 6.45) is -9.80. The molecule has 0 amide bonds. The summed E-state index contributed by atoms with van der Waals surface area (Å²) < 4.78 is 76.2. The third-order valence-corrected chi connectivity index (χ3v) is 2.61. The minimum Gasteiger partial charge on any atom is -0.405 e. The summed E-state index contributed by atoms with van der Waals surface area (Å²) >= 11 is 2.48. The second-order valence-corrected chi connectivity index (χ2v) is 3.91. The number of halogens is 7. The van der Waals surface area contributed by atoms with Gasteiger partial charge in [0.25, 0.3) is 0 Å². The predicted molar refractivity (Wildman–Crippen MR) is 50.6 cm³/mol. The summed E-state index contributed by atoms with van der Waals surface area (Å²) in [5.74, 6) is -0.921. The van der Waals surface area contributed by atoms with Gasteiger partial charge in [-0.1, -0.05) is 6.07 Å². The fraction of sp³-hybridized carbons (Fsp3) is 0.333. The molecule has 0 aliphatic rings. The molecule has 0 aliphatic carbocycles. The molecule has 0 spiro atoms. The van der Waals surface area contributed by atoms with E-state index >= 15 is 0 Å². The molecule has 96 valence electrons. The van der Waals surface area contributed by atoms with Crippen LogP contribution in [0.2, 0.25) is 0 Å². The number of alkyl halides is 6. The van der Waals surface area contributed by atoms with E-state index in [0.717, 1.165) is 19.1 Å². The van der Waals surface area contributed by atoms with Crippen molar-refractivity contribution in [2.45, 2.75) is 19.5 Å². The topological polar surface area (TPSA) is 9.23 Å². The van der Waals surface area contributed by atoms with Crippen molar-refractivity contribution in [2.75, 3.05) is 0 Å². The maximum Gasteiger partial charge on any atom is 0.573 e. The van der Waals surface area contributed by atoms with Crippen molar-refractivity contribution in [3.8, 4) is 5.75 Å². The summed E-state index contributed by atoms with van der Waals surface area (Å²) in [6.45, 7) is 1.14. The van der Waals surface area contributed by atoms with Gasteiger partial charge in [-0.2, -0.15) is 13.2 Å². The van der Waals surface area contributed by atoms with Crippen LogP contribution in [0, 0.1) is 6.92 Å². The zero-order chi connectivity index (χ0) is 13.4. The molecule has 0 N–H and O–H groups in total. The lowest BCUT2D eigenvalue weighted by molar-refractivity contribution is -0.275. The largest absolute Gasteiger partial charge is 0.573 e. The highest BCUT2D eigenvalue weighted by Gasteiger charge is 2.38. The van der Waals surface area contributed by atoms with E-state index in [0.29, 0.717) is 0 Å². The Bertz CT molecular complexity index is 423. The number of hydrogen-bond acceptors (Lipinski definition) is 1. The first-order valence-electron chi connectivity index (χ1n) is 4.14. The second kappa shape index (κ2) is 4.40. The average Bonchev–Trinajstić information content (AvgIpc) is 2.06. The van der Waals surface area contributed by atoms with Crippen LogP contribution in [0.5, 0.6) is 5.75 Å². The van der Waals surface area contributed by atoms with E-state index < -0.39 is 28.3 Å². The van der Waals surface area contributed by atoms with E-state index in [-0.39, 0.29) is 5.56 Å². The second-order valence-electron chi connectivity index (χ2n) is 3.12. The van der Waals surface area contributed by atoms with Gasteiger partial charge < -0.3 is 4.74 Å². The minimum absolute atomic E-state index is 0.195. The Labute approximate surface area is 101 Å². The molecule has 0 aromatic heterocycles. The molecule has 1 aromatic carbocycles. The summed E-state index contributed by atoms with van der Waals surface area (Å²) in [4.78, 5) is 0. The molecule has 0 saturated carbocycles. The molecule has 0 fully saturated rings. The van der Waals surface area contributed by atoms with Crippen LogP contribution in [0.4, 0.5) is 26.3 Å². The van der Waals surface area contributed by atoms with Crippen molar-refractivity contribution >= 4 is 15.9 Å². The van der Waals surface area contributed by atoms with Crippen LogP contribution >= 0.6 is 15.9 Å². The molecule has 0 heterocycles. The molecular weight excluding hydrogens is 318 g/mol. The Kier molecular flexibility index (Phi) is 3.66. The van der Waals surface area contributed by atoms with E-state index in [9.17, 15) is 26.3 Å². The van der Waals surface area contributed by atoms with Crippen molar-refractivity contribution in [3.05, 3.63) is 27.7 Å². The molecule has 1 aromatic rings. The van der Waals surface area contributed by atoms with Gasteiger partial charge in [-0.25, -0.2) is 0 Å². The quantitative estimate of drug-likeness (QED) is 0.682. The summed E-state index contributed by atoms with van der Waals surface area (Å²) in [7, 11) is 0. The Morgan fingerprint density at radius 1 is 1.06 bits per heavy atom. The third-order valence-electron chi connectivity index (χ3n) is 1.82. The van der Waals surface area contributed by atoms with Gasteiger partial charge in [-0.15, -0.1) is 13.2 Å². The number of ether oxygens (including phenoxy) is 1. The summed E-state index contributed by atoms with van der Waals surface area (Å²) in [5.41, 5.74) is -1.38. The molecule has 1 rings (SSSR count). The molecule has 17 heavy (non-hydrogen) atoms. The first-order valence-corrected chi connectivity index (χ1v) is 4.93. The van der Waals surface area contributed by atoms with Gasteiger partial charge in [0, 0.05) is 0 Å². The molecule has 0 bridgehead atoms. The van der Waals surface area contributed by atoms with Crippen LogP contribution in [-0.4, -0.2) is 6.36 Å². The van der Waals surface area contributed by atoms with E-state index in [4.69, 9.17) is 0 Å². The van der Waals surface area contributed by atoms with Gasteiger partial charge in [0.2, 0.25) is 0 Å². The minimum atomic E-state index is -5.04. The van der Waals surface area contributed by atoms with Crippen molar-refractivity contribution in [2.24, 2.45) is 0 Å². The lowest BCUT2D eigenvalue weighted by Crippen LogP contribution is -2.18. The Morgan fingerprint density at radius 2 is 1.59 bits per heavy atom. The fourth-order valence-corrected chi connectivity index (χ4v) is 1.96. The Morgan fingerprint density at radius 3 is 2.00 bits per heavy atom. The highest BCUT2D eigenvalue weighted by atomic mass is 79.9. The molecule has 0 unspecified atom stereocenters. The van der Waals surface area contributed by atoms with E-state index in [1.54, 1.807) is 0 Å². The van der Waals surface area contributed by atoms with Crippen molar-refractivity contribution in [1.29, 1.82) is 0 Å². The zero-order valence-electron chi connectivity index (χ0n) is 8.21. The summed E-state index contributed by atoms with van der Waals surface area (Å²) in [5, 5.41) is 0. The molecular formula is C9H5BrF6O. The first kappa shape index (κ1) is 14.1. The molecule has 0 saturated heterocycles. The van der Waals surface area contributed by atoms with Crippen LogP contribution in [0.1, 0.15) is 11.1 Å². The van der Waals surface area contributed by atoms with Gasteiger partial charge in [0.05, 0.1) is 10.0 Å². The lowest BCUT2D eigenvalue weighted by Gasteiger charge is -2.16. The van der Waals surface area contributed by atoms with Gasteiger partial charge in [-0.3, -0.25) is 0 Å². The van der Waals surface area contributed by atoms with E-state index in [2.05, 4.69) is 20.7 Å². The van der Waals surface area contributed by atoms with Crippen LogP contribution < -0.4 is 4.74 Å². The predicted octanol–water partition coefficient (Wildman–Crippen LogP) is 4.67. The molecule has 0 radical (unpaired) electrons. The van der Waals surface area contributed by atoms with Crippen molar-refractivity contribution < 1.29 is 31.1 Å². The number of aryl methyl sites for hydroxylation is 1. The maximum atomic E-state index is 12.6. The number of rotatable bonds is 1. The normalized spacial score (nSPS) is 12.7. The smallest absolute Gasteiger partial charge is 0.405 e. The van der Waals surface area contributed by atoms with Crippen LogP contribution in [0.3, 0.4) is 0 Å². The average molecular weight is 323 g/mol. The van der Waals surface area contributed by atoms with Gasteiger partial charge in [0.1, 0.15) is 5.75 Å². The first-order chi connectivity index (χ1) is 7.52. The number of hydrogen-bond donors (Lipinski definition) is 0. The highest BCUT2D eigenvalue weighted by molar-refractivity contribution is 9.10. The maximum absolute atomic E-state index is 12.6. The molecule has 0 atom stereocenters. The Balaban J connectivity index is 3.30. The number of benzene rings is 1. The van der Waals surface area contributed by atoms with E-state index in [1.165, 1.54) is 0 Å². The van der Waals surface area contributed by atoms with Gasteiger partial charge in [0.15, 0.2) is 0 Å². The summed E-state index contributed by atoms with van der Waals surface area (Å²) in [6, 6.07) is 1.73. The molecule has 1 nitrogen and oxygen atoms in total. The fourth-order valence-electron chi connectivity index (χ4n) is 1.21. The Hall–Kier alpha value is -0.920. The zero-order valence-corrected chi connectivity index (χ0v) is 9.79. The van der Waals surface area contributed by atoms with Gasteiger partial charge in [-0.05, 0) is 34.5 Å². The van der Waals surface area contributed by atoms with Crippen molar-refractivity contribution in [1.82, 2.24) is 0 Å². The SMILES string of the molecule is Cc1ccc(OC(F)(F)F)c(Br)c1C(F)(F)F. The standard InChI is InChI=1S/C9H5BrF6O/c1-4-2-3-5(17-9(14,15)16)7(10)6(4)8(11,12)13/h2-3H,1H3. The highest BCUT2D eigenvalue weighted by Crippen LogP contribution is 2.42. The van der Waals surface area contributed by atoms with E-state index in [1.807, 2.05) is 0 Å².